The molecule has 7 nitrogen and oxygen atoms in total. The number of esters is 2. The molecule has 0 saturated heterocycles. The highest BCUT2D eigenvalue weighted by Crippen LogP contribution is 2.36. The summed E-state index contributed by atoms with van der Waals surface area (Å²) in [6.07, 6.45) is 10.5. The lowest BCUT2D eigenvalue weighted by Crippen LogP contribution is -2.35. The Morgan fingerprint density at radius 2 is 1.97 bits per heavy atom. The van der Waals surface area contributed by atoms with Crippen LogP contribution in [0, 0.1) is 25.1 Å². The number of benzene rings is 1. The van der Waals surface area contributed by atoms with Crippen LogP contribution in [0.25, 0.3) is 0 Å². The number of methoxy groups -OCH3 is 1. The van der Waals surface area contributed by atoms with E-state index in [9.17, 15) is 14.4 Å². The largest absolute Gasteiger partial charge is 0.468 e. The molecule has 1 heterocycles. The summed E-state index contributed by atoms with van der Waals surface area (Å²) in [4.78, 5) is 44.1. The fourth-order valence-corrected chi connectivity index (χ4v) is 4.95. The minimum atomic E-state index is -0.727. The number of anilines is 1. The third-order valence-electron chi connectivity index (χ3n) is 5.85. The van der Waals surface area contributed by atoms with Crippen molar-refractivity contribution < 1.29 is 28.2 Å². The van der Waals surface area contributed by atoms with Gasteiger partial charge in [0.15, 0.2) is 6.61 Å². The van der Waals surface area contributed by atoms with Gasteiger partial charge in [-0.3, -0.25) is 14.6 Å². The van der Waals surface area contributed by atoms with E-state index in [0.717, 1.165) is 23.4 Å². The van der Waals surface area contributed by atoms with Crippen LogP contribution in [0.4, 0.5) is 10.1 Å². The Balaban J connectivity index is 2.10. The molecule has 1 aliphatic rings. The summed E-state index contributed by atoms with van der Waals surface area (Å²) in [7, 11) is 1.27. The fraction of sp³-hybridized carbons (Fsp3) is 0.333. The molecule has 194 valence electrons. The number of ether oxygens (including phenoxy) is 2. The third-order valence-corrected chi connectivity index (χ3v) is 7.30. The molecule has 0 atom stereocenters. The summed E-state index contributed by atoms with van der Waals surface area (Å²) < 4.78 is 25.2. The zero-order valence-corrected chi connectivity index (χ0v) is 22.1. The van der Waals surface area contributed by atoms with Crippen molar-refractivity contribution in [3.05, 3.63) is 63.7 Å². The first-order valence-corrected chi connectivity index (χ1v) is 12.9. The SMILES string of the molecule is C#CCOC(=O)C1=C(C(=O)N(Cc2cnccc2C)c2cc(SCC(=O)OC)c(Cl)cc2F)CCCC1. The maximum absolute atomic E-state index is 15.4. The van der Waals surface area contributed by atoms with E-state index in [-0.39, 0.29) is 40.8 Å². The van der Waals surface area contributed by atoms with Gasteiger partial charge in [-0.15, -0.1) is 18.2 Å². The molecular weight excluding hydrogens is 519 g/mol. The summed E-state index contributed by atoms with van der Waals surface area (Å²) >= 11 is 7.31. The number of carbonyl (C=O) groups excluding carboxylic acids is 3. The van der Waals surface area contributed by atoms with E-state index in [2.05, 4.69) is 15.6 Å². The molecule has 37 heavy (non-hydrogen) atoms. The molecule has 1 aromatic carbocycles. The lowest BCUT2D eigenvalue weighted by Gasteiger charge is -2.28. The normalized spacial score (nSPS) is 13.1. The number of aromatic nitrogens is 1. The number of hydrogen-bond acceptors (Lipinski definition) is 7. The van der Waals surface area contributed by atoms with Crippen molar-refractivity contribution in [1.82, 2.24) is 4.98 Å². The van der Waals surface area contributed by atoms with Crippen molar-refractivity contribution in [1.29, 1.82) is 0 Å². The number of nitrogens with zero attached hydrogens (tertiary/aromatic N) is 2. The molecule has 0 saturated carbocycles. The smallest absolute Gasteiger partial charge is 0.335 e. The minimum Gasteiger partial charge on any atom is -0.468 e. The summed E-state index contributed by atoms with van der Waals surface area (Å²) in [5, 5.41) is 0.0931. The molecular formula is C27H26ClFN2O5S. The van der Waals surface area contributed by atoms with Crippen molar-refractivity contribution in [3.63, 3.8) is 0 Å². The van der Waals surface area contributed by atoms with Crippen LogP contribution in [0.15, 0.2) is 46.6 Å². The molecule has 0 aliphatic heterocycles. The lowest BCUT2D eigenvalue weighted by atomic mass is 9.90. The number of rotatable bonds is 9. The van der Waals surface area contributed by atoms with Gasteiger partial charge in [-0.1, -0.05) is 17.5 Å². The second-order valence-corrected chi connectivity index (χ2v) is 9.66. The van der Waals surface area contributed by atoms with Crippen LogP contribution in [-0.2, 0) is 30.4 Å². The molecule has 0 N–H and O–H groups in total. The van der Waals surface area contributed by atoms with E-state index in [4.69, 9.17) is 22.8 Å². The zero-order valence-electron chi connectivity index (χ0n) is 20.5. The topological polar surface area (TPSA) is 85.8 Å². The molecule has 3 rings (SSSR count). The second kappa shape index (κ2) is 13.3. The highest BCUT2D eigenvalue weighted by molar-refractivity contribution is 8.00. The summed E-state index contributed by atoms with van der Waals surface area (Å²) in [6, 6.07) is 4.31. The Kier molecular flexibility index (Phi) is 10.1. The van der Waals surface area contributed by atoms with Gasteiger partial charge in [0.2, 0.25) is 0 Å². The molecule has 2 aromatic rings. The summed E-state index contributed by atoms with van der Waals surface area (Å²) in [5.41, 5.74) is 2.01. The van der Waals surface area contributed by atoms with Crippen LogP contribution in [0.3, 0.4) is 0 Å². The van der Waals surface area contributed by atoms with Gasteiger partial charge in [-0.25, -0.2) is 9.18 Å². The molecule has 0 spiro atoms. The van der Waals surface area contributed by atoms with E-state index < -0.39 is 23.7 Å². The average Bonchev–Trinajstić information content (AvgIpc) is 2.90. The molecule has 0 radical (unpaired) electrons. The Morgan fingerprint density at radius 1 is 1.24 bits per heavy atom. The lowest BCUT2D eigenvalue weighted by molar-refractivity contribution is -0.138. The van der Waals surface area contributed by atoms with Gasteiger partial charge in [0.25, 0.3) is 5.91 Å². The van der Waals surface area contributed by atoms with Crippen LogP contribution in [-0.4, -0.2) is 42.3 Å². The quantitative estimate of drug-likeness (QED) is 0.249. The maximum atomic E-state index is 15.4. The standard InChI is InChI=1S/C27H26ClFN2O5S/c1-4-11-36-27(34)20-8-6-5-7-19(20)26(33)31(15-18-14-30-10-9-17(18)2)23-13-24(21(28)12-22(23)29)37-16-25(32)35-3/h1,9-10,12-14H,5-8,11,15-16H2,2-3H3. The first-order chi connectivity index (χ1) is 17.8. The number of aryl methyl sites for hydroxylation is 1. The number of hydrogen-bond donors (Lipinski definition) is 0. The van der Waals surface area contributed by atoms with Crippen molar-refractivity contribution in [2.75, 3.05) is 24.4 Å². The highest BCUT2D eigenvalue weighted by Gasteiger charge is 2.31. The fourth-order valence-electron chi connectivity index (χ4n) is 3.85. The predicted molar refractivity (Wildman–Crippen MR) is 140 cm³/mol. The van der Waals surface area contributed by atoms with Gasteiger partial charge in [0, 0.05) is 28.4 Å². The van der Waals surface area contributed by atoms with Gasteiger partial charge >= 0.3 is 11.9 Å². The van der Waals surface area contributed by atoms with Gasteiger partial charge in [-0.2, -0.15) is 0 Å². The number of thioether (sulfide) groups is 1. The average molecular weight is 545 g/mol. The monoisotopic (exact) mass is 544 g/mol. The highest BCUT2D eigenvalue weighted by atomic mass is 35.5. The van der Waals surface area contributed by atoms with Crippen molar-refractivity contribution in [3.8, 4) is 12.3 Å². The summed E-state index contributed by atoms with van der Waals surface area (Å²) in [5.74, 6) is -0.182. The van der Waals surface area contributed by atoms with E-state index in [1.807, 2.05) is 6.92 Å². The summed E-state index contributed by atoms with van der Waals surface area (Å²) in [6.45, 7) is 1.64. The Hall–Kier alpha value is -3.35. The number of amides is 1. The van der Waals surface area contributed by atoms with Crippen LogP contribution < -0.4 is 4.90 Å². The van der Waals surface area contributed by atoms with Crippen molar-refractivity contribution in [2.24, 2.45) is 0 Å². The zero-order chi connectivity index (χ0) is 26.9. The van der Waals surface area contributed by atoms with Gasteiger partial charge in [0.05, 0.1) is 30.1 Å². The molecule has 1 aliphatic carbocycles. The van der Waals surface area contributed by atoms with Crippen LogP contribution in [0.2, 0.25) is 5.02 Å². The van der Waals surface area contributed by atoms with Crippen LogP contribution in [0.5, 0.6) is 0 Å². The Labute approximate surface area is 224 Å². The predicted octanol–water partition coefficient (Wildman–Crippen LogP) is 5.03. The van der Waals surface area contributed by atoms with Crippen molar-refractivity contribution in [2.45, 2.75) is 44.0 Å². The van der Waals surface area contributed by atoms with E-state index >= 15 is 4.39 Å². The first-order valence-electron chi connectivity index (χ1n) is 11.5. The molecule has 1 amide bonds. The number of pyridine rings is 1. The van der Waals surface area contributed by atoms with E-state index in [0.29, 0.717) is 36.1 Å². The van der Waals surface area contributed by atoms with E-state index in [1.54, 1.807) is 18.5 Å². The number of carbonyl (C=O) groups is 3. The second-order valence-electron chi connectivity index (χ2n) is 8.24. The van der Waals surface area contributed by atoms with E-state index in [1.165, 1.54) is 18.1 Å². The maximum Gasteiger partial charge on any atom is 0.335 e. The Bertz CT molecular complexity index is 1270. The first kappa shape index (κ1) is 28.2. The van der Waals surface area contributed by atoms with Gasteiger partial charge in [-0.05, 0) is 61.9 Å². The van der Waals surface area contributed by atoms with Gasteiger partial charge < -0.3 is 14.4 Å². The molecule has 0 bridgehead atoms. The third kappa shape index (κ3) is 7.12. The van der Waals surface area contributed by atoms with Crippen LogP contribution >= 0.6 is 23.4 Å². The van der Waals surface area contributed by atoms with Gasteiger partial charge in [0.1, 0.15) is 5.82 Å². The Morgan fingerprint density at radius 3 is 2.65 bits per heavy atom. The molecule has 0 fully saturated rings. The van der Waals surface area contributed by atoms with Crippen LogP contribution in [0.1, 0.15) is 36.8 Å². The molecule has 10 heteroatoms. The minimum absolute atomic E-state index is 0.00560. The molecule has 0 unspecified atom stereocenters. The number of terminal acetylenes is 1. The number of halogens is 2. The molecule has 1 aromatic heterocycles. The van der Waals surface area contributed by atoms with Crippen molar-refractivity contribution >= 4 is 46.9 Å².